The number of nitrogens with one attached hydrogen (secondary N) is 1. The molecule has 0 aliphatic carbocycles. The van der Waals surface area contributed by atoms with Crippen molar-refractivity contribution in [3.05, 3.63) is 0 Å². The lowest BCUT2D eigenvalue weighted by Gasteiger charge is -2.33. The lowest BCUT2D eigenvalue weighted by molar-refractivity contribution is -0.140. The molecule has 1 aliphatic heterocycles. The van der Waals surface area contributed by atoms with Crippen molar-refractivity contribution < 1.29 is 19.8 Å². The fourth-order valence-corrected chi connectivity index (χ4v) is 2.14. The summed E-state index contributed by atoms with van der Waals surface area (Å²) in [7, 11) is 0. The second-order valence-corrected chi connectivity index (χ2v) is 5.15. The average molecular weight is 258 g/mol. The van der Waals surface area contributed by atoms with E-state index in [9.17, 15) is 9.59 Å². The molecule has 1 heterocycles. The Morgan fingerprint density at radius 3 is 2.61 bits per heavy atom. The predicted molar refractivity (Wildman–Crippen MR) is 66.2 cm³/mol. The lowest BCUT2D eigenvalue weighted by atomic mass is 9.99. The van der Waals surface area contributed by atoms with Gasteiger partial charge in [-0.05, 0) is 24.7 Å². The van der Waals surface area contributed by atoms with Crippen LogP contribution in [0, 0.1) is 11.8 Å². The van der Waals surface area contributed by atoms with Gasteiger partial charge in [0.05, 0.1) is 0 Å². The number of hydrogen-bond acceptors (Lipinski definition) is 3. The number of amides is 2. The van der Waals surface area contributed by atoms with Gasteiger partial charge in [-0.2, -0.15) is 0 Å². The minimum Gasteiger partial charge on any atom is -0.480 e. The van der Waals surface area contributed by atoms with Gasteiger partial charge in [0.1, 0.15) is 6.04 Å². The van der Waals surface area contributed by atoms with Crippen molar-refractivity contribution in [1.29, 1.82) is 0 Å². The molecule has 0 spiro atoms. The van der Waals surface area contributed by atoms with E-state index in [0.717, 1.165) is 12.8 Å². The molecular formula is C12H22N2O4. The number of carbonyl (C=O) groups excluding carboxylic acids is 1. The van der Waals surface area contributed by atoms with E-state index >= 15 is 0 Å². The lowest BCUT2D eigenvalue weighted by Crippen LogP contribution is -2.52. The van der Waals surface area contributed by atoms with Gasteiger partial charge in [-0.25, -0.2) is 9.59 Å². The Morgan fingerprint density at radius 1 is 1.44 bits per heavy atom. The third kappa shape index (κ3) is 3.87. The number of rotatable bonds is 4. The maximum atomic E-state index is 11.9. The number of aliphatic hydroxyl groups is 1. The molecule has 0 aromatic rings. The van der Waals surface area contributed by atoms with E-state index < -0.39 is 12.0 Å². The van der Waals surface area contributed by atoms with Gasteiger partial charge in [-0.15, -0.1) is 0 Å². The van der Waals surface area contributed by atoms with E-state index in [1.165, 1.54) is 0 Å². The molecule has 1 aliphatic rings. The number of urea groups is 1. The first-order valence-electron chi connectivity index (χ1n) is 6.34. The maximum Gasteiger partial charge on any atom is 0.326 e. The number of hydrogen-bond donors (Lipinski definition) is 3. The minimum absolute atomic E-state index is 0.0658. The molecule has 104 valence electrons. The van der Waals surface area contributed by atoms with Gasteiger partial charge < -0.3 is 20.4 Å². The number of carboxylic acids is 1. The summed E-state index contributed by atoms with van der Waals surface area (Å²) in [6, 6.07) is -1.22. The maximum absolute atomic E-state index is 11.9. The minimum atomic E-state index is -1.02. The van der Waals surface area contributed by atoms with E-state index in [-0.39, 0.29) is 24.5 Å². The Bertz CT molecular complexity index is 306. The first-order chi connectivity index (χ1) is 8.45. The highest BCUT2D eigenvalue weighted by atomic mass is 16.4. The zero-order valence-corrected chi connectivity index (χ0v) is 10.9. The van der Waals surface area contributed by atoms with E-state index in [0.29, 0.717) is 13.1 Å². The molecule has 6 nitrogen and oxygen atoms in total. The van der Waals surface area contributed by atoms with Crippen LogP contribution < -0.4 is 5.32 Å². The number of piperidine rings is 1. The first-order valence-corrected chi connectivity index (χ1v) is 6.34. The summed E-state index contributed by atoms with van der Waals surface area (Å²) in [6.07, 6.45) is 1.75. The Kier molecular flexibility index (Phi) is 5.40. The van der Waals surface area contributed by atoms with Crippen LogP contribution >= 0.6 is 0 Å². The molecule has 0 aromatic carbocycles. The Labute approximate surface area is 107 Å². The van der Waals surface area contributed by atoms with Gasteiger partial charge in [0.2, 0.25) is 0 Å². The second kappa shape index (κ2) is 6.58. The number of nitrogens with zero attached hydrogens (tertiary/aromatic N) is 1. The van der Waals surface area contributed by atoms with Crippen molar-refractivity contribution in [2.45, 2.75) is 32.7 Å². The third-order valence-electron chi connectivity index (χ3n) is 3.28. The summed E-state index contributed by atoms with van der Waals surface area (Å²) >= 11 is 0. The summed E-state index contributed by atoms with van der Waals surface area (Å²) in [6.45, 7) is 4.69. The average Bonchev–Trinajstić information content (AvgIpc) is 2.34. The van der Waals surface area contributed by atoms with E-state index in [4.69, 9.17) is 10.2 Å². The van der Waals surface area contributed by atoms with Gasteiger partial charge in [0.25, 0.3) is 0 Å². The van der Waals surface area contributed by atoms with Crippen LogP contribution in [0.15, 0.2) is 0 Å². The topological polar surface area (TPSA) is 89.9 Å². The van der Waals surface area contributed by atoms with Gasteiger partial charge >= 0.3 is 12.0 Å². The quantitative estimate of drug-likeness (QED) is 0.685. The van der Waals surface area contributed by atoms with Crippen LogP contribution in [0.2, 0.25) is 0 Å². The van der Waals surface area contributed by atoms with Gasteiger partial charge in [0.15, 0.2) is 0 Å². The standard InChI is InChI=1S/C12H22N2O4/c1-8(2)10(11(16)17)13-12(18)14-5-3-4-9(6-14)7-15/h8-10,15H,3-7H2,1-2H3,(H,13,18)(H,16,17)/t9?,10-/m0/s1. The Balaban J connectivity index is 2.55. The monoisotopic (exact) mass is 258 g/mol. The van der Waals surface area contributed by atoms with Crippen molar-refractivity contribution in [2.24, 2.45) is 11.8 Å². The van der Waals surface area contributed by atoms with Gasteiger partial charge in [0, 0.05) is 19.7 Å². The molecular weight excluding hydrogens is 236 g/mol. The Morgan fingerprint density at radius 2 is 2.11 bits per heavy atom. The van der Waals surface area contributed by atoms with Crippen molar-refractivity contribution in [1.82, 2.24) is 10.2 Å². The highest BCUT2D eigenvalue weighted by Crippen LogP contribution is 2.16. The van der Waals surface area contributed by atoms with Crippen LogP contribution in [-0.4, -0.2) is 52.9 Å². The summed E-state index contributed by atoms with van der Waals surface area (Å²) in [5.41, 5.74) is 0. The van der Waals surface area contributed by atoms with Crippen molar-refractivity contribution in [3.63, 3.8) is 0 Å². The summed E-state index contributed by atoms with van der Waals surface area (Å²) in [5.74, 6) is -1.08. The summed E-state index contributed by atoms with van der Waals surface area (Å²) < 4.78 is 0. The van der Waals surface area contributed by atoms with E-state index in [1.807, 2.05) is 0 Å². The molecule has 2 amide bonds. The molecule has 18 heavy (non-hydrogen) atoms. The molecule has 2 atom stereocenters. The van der Waals surface area contributed by atoms with Crippen molar-refractivity contribution in [2.75, 3.05) is 19.7 Å². The molecule has 0 saturated carbocycles. The van der Waals surface area contributed by atoms with Gasteiger partial charge in [-0.3, -0.25) is 0 Å². The molecule has 0 aromatic heterocycles. The predicted octanol–water partition coefficient (Wildman–Crippen LogP) is 0.509. The molecule has 0 radical (unpaired) electrons. The second-order valence-electron chi connectivity index (χ2n) is 5.15. The van der Waals surface area contributed by atoms with Crippen molar-refractivity contribution in [3.8, 4) is 0 Å². The van der Waals surface area contributed by atoms with Crippen LogP contribution in [0.3, 0.4) is 0 Å². The molecule has 1 unspecified atom stereocenters. The summed E-state index contributed by atoms with van der Waals surface area (Å²) in [5, 5.41) is 20.6. The largest absolute Gasteiger partial charge is 0.480 e. The molecule has 6 heteroatoms. The van der Waals surface area contributed by atoms with Gasteiger partial charge in [-0.1, -0.05) is 13.8 Å². The van der Waals surface area contributed by atoms with Crippen LogP contribution in [0.1, 0.15) is 26.7 Å². The summed E-state index contributed by atoms with van der Waals surface area (Å²) in [4.78, 5) is 24.5. The van der Waals surface area contributed by atoms with E-state index in [2.05, 4.69) is 5.32 Å². The number of likely N-dealkylation sites (tertiary alicyclic amines) is 1. The van der Waals surface area contributed by atoms with Crippen LogP contribution in [0.5, 0.6) is 0 Å². The smallest absolute Gasteiger partial charge is 0.326 e. The first kappa shape index (κ1) is 14.8. The number of carbonyl (C=O) groups is 2. The van der Waals surface area contributed by atoms with E-state index in [1.54, 1.807) is 18.7 Å². The normalized spacial score (nSPS) is 21.8. The SMILES string of the molecule is CC(C)[C@H](NC(=O)N1CCCC(CO)C1)C(=O)O. The number of aliphatic hydroxyl groups excluding tert-OH is 1. The molecule has 1 saturated heterocycles. The highest BCUT2D eigenvalue weighted by molar-refractivity contribution is 5.82. The fourth-order valence-electron chi connectivity index (χ4n) is 2.14. The highest BCUT2D eigenvalue weighted by Gasteiger charge is 2.28. The van der Waals surface area contributed by atoms with Crippen LogP contribution in [-0.2, 0) is 4.79 Å². The molecule has 1 rings (SSSR count). The zero-order valence-electron chi connectivity index (χ0n) is 10.9. The third-order valence-corrected chi connectivity index (χ3v) is 3.28. The number of carboxylic acid groups (broad SMARTS) is 1. The van der Waals surface area contributed by atoms with Crippen molar-refractivity contribution >= 4 is 12.0 Å². The number of aliphatic carboxylic acids is 1. The van der Waals surface area contributed by atoms with Crippen LogP contribution in [0.4, 0.5) is 4.79 Å². The fraction of sp³-hybridized carbons (Fsp3) is 0.833. The molecule has 3 N–H and O–H groups in total. The zero-order chi connectivity index (χ0) is 13.7. The van der Waals surface area contributed by atoms with Crippen LogP contribution in [0.25, 0.3) is 0 Å². The Hall–Kier alpha value is -1.30. The molecule has 1 fully saturated rings. The molecule has 0 bridgehead atoms.